The summed E-state index contributed by atoms with van der Waals surface area (Å²) in [4.78, 5) is 10.7. The molecule has 0 saturated heterocycles. The number of aryl methyl sites for hydroxylation is 2. The number of carbonyl (C=O) groups is 1. The molecule has 0 bridgehead atoms. The van der Waals surface area contributed by atoms with Crippen molar-refractivity contribution in [2.24, 2.45) is 0 Å². The molecular formula is C12H12BrN3O2S. The van der Waals surface area contributed by atoms with Crippen molar-refractivity contribution in [2.45, 2.75) is 19.0 Å². The maximum Gasteiger partial charge on any atom is 0.313 e. The zero-order valence-corrected chi connectivity index (χ0v) is 12.8. The van der Waals surface area contributed by atoms with Crippen LogP contribution in [0.25, 0.3) is 5.69 Å². The molecule has 0 aliphatic rings. The molecule has 1 N–H and O–H groups in total. The van der Waals surface area contributed by atoms with E-state index < -0.39 is 5.97 Å². The van der Waals surface area contributed by atoms with E-state index in [0.717, 1.165) is 33.3 Å². The predicted molar refractivity (Wildman–Crippen MR) is 76.9 cm³/mol. The number of thioether (sulfide) groups is 1. The number of carboxylic acid groups (broad SMARTS) is 1. The van der Waals surface area contributed by atoms with Gasteiger partial charge in [0.2, 0.25) is 0 Å². The standard InChI is InChI=1S/C12H12BrN3O2S/c1-7-4-3-5-9(11(7)13)16-8(2)14-15-12(16)19-6-10(17)18/h3-5H,6H2,1-2H3,(H,17,18). The molecule has 5 nitrogen and oxygen atoms in total. The third kappa shape index (κ3) is 2.98. The summed E-state index contributed by atoms with van der Waals surface area (Å²) in [7, 11) is 0. The van der Waals surface area contributed by atoms with E-state index in [2.05, 4.69) is 26.1 Å². The molecular weight excluding hydrogens is 330 g/mol. The summed E-state index contributed by atoms with van der Waals surface area (Å²) in [6.07, 6.45) is 0. The first-order valence-electron chi connectivity index (χ1n) is 5.53. The predicted octanol–water partition coefficient (Wildman–Crippen LogP) is 2.82. The van der Waals surface area contributed by atoms with Gasteiger partial charge >= 0.3 is 5.97 Å². The molecule has 1 aromatic heterocycles. The first-order chi connectivity index (χ1) is 9.00. The molecule has 1 aromatic carbocycles. The van der Waals surface area contributed by atoms with Crippen LogP contribution in [0, 0.1) is 13.8 Å². The van der Waals surface area contributed by atoms with Gasteiger partial charge in [-0.1, -0.05) is 23.9 Å². The van der Waals surface area contributed by atoms with Gasteiger partial charge in [0, 0.05) is 4.47 Å². The molecule has 0 fully saturated rings. The van der Waals surface area contributed by atoms with E-state index in [1.165, 1.54) is 0 Å². The van der Waals surface area contributed by atoms with Crippen LogP contribution in [0.1, 0.15) is 11.4 Å². The molecule has 0 radical (unpaired) electrons. The van der Waals surface area contributed by atoms with Crippen molar-refractivity contribution in [3.63, 3.8) is 0 Å². The highest BCUT2D eigenvalue weighted by Crippen LogP contribution is 2.29. The van der Waals surface area contributed by atoms with Gasteiger partial charge in [-0.05, 0) is 41.4 Å². The summed E-state index contributed by atoms with van der Waals surface area (Å²) in [6.45, 7) is 3.84. The van der Waals surface area contributed by atoms with Crippen LogP contribution in [0.2, 0.25) is 0 Å². The van der Waals surface area contributed by atoms with E-state index in [1.54, 1.807) is 0 Å². The van der Waals surface area contributed by atoms with Gasteiger partial charge in [-0.3, -0.25) is 9.36 Å². The molecule has 0 atom stereocenters. The first kappa shape index (κ1) is 14.1. The second-order valence-corrected chi connectivity index (χ2v) is 5.69. The maximum atomic E-state index is 10.7. The Morgan fingerprint density at radius 1 is 1.42 bits per heavy atom. The lowest BCUT2D eigenvalue weighted by atomic mass is 10.2. The number of aliphatic carboxylic acids is 1. The minimum atomic E-state index is -0.875. The van der Waals surface area contributed by atoms with Crippen molar-refractivity contribution in [3.8, 4) is 5.69 Å². The van der Waals surface area contributed by atoms with Crippen LogP contribution in [0.4, 0.5) is 0 Å². The van der Waals surface area contributed by atoms with Crippen LogP contribution >= 0.6 is 27.7 Å². The summed E-state index contributed by atoms with van der Waals surface area (Å²) in [5.41, 5.74) is 2.01. The number of carboxylic acids is 1. The Labute approximate surface area is 123 Å². The lowest BCUT2D eigenvalue weighted by Gasteiger charge is -2.11. The van der Waals surface area contributed by atoms with Gasteiger partial charge < -0.3 is 5.11 Å². The summed E-state index contributed by atoms with van der Waals surface area (Å²) < 4.78 is 2.81. The highest BCUT2D eigenvalue weighted by atomic mass is 79.9. The molecule has 19 heavy (non-hydrogen) atoms. The summed E-state index contributed by atoms with van der Waals surface area (Å²) >= 11 is 4.70. The summed E-state index contributed by atoms with van der Waals surface area (Å²) in [5, 5.41) is 17.4. The number of hydrogen-bond donors (Lipinski definition) is 1. The van der Waals surface area contributed by atoms with E-state index in [4.69, 9.17) is 5.11 Å². The number of halogens is 1. The van der Waals surface area contributed by atoms with Crippen molar-refractivity contribution in [1.82, 2.24) is 14.8 Å². The van der Waals surface area contributed by atoms with Crippen LogP contribution in [0.3, 0.4) is 0 Å². The second kappa shape index (κ2) is 5.75. The Morgan fingerprint density at radius 2 is 2.16 bits per heavy atom. The van der Waals surface area contributed by atoms with Crippen LogP contribution < -0.4 is 0 Å². The molecule has 100 valence electrons. The zero-order valence-electron chi connectivity index (χ0n) is 10.4. The largest absolute Gasteiger partial charge is 0.481 e. The Balaban J connectivity index is 2.46. The molecule has 0 aliphatic heterocycles. The molecule has 1 heterocycles. The van der Waals surface area contributed by atoms with Gasteiger partial charge in [0.15, 0.2) is 5.16 Å². The molecule has 2 aromatic rings. The van der Waals surface area contributed by atoms with E-state index >= 15 is 0 Å². The SMILES string of the molecule is Cc1cccc(-n2c(C)nnc2SCC(=O)O)c1Br. The molecule has 0 amide bonds. The van der Waals surface area contributed by atoms with Gasteiger partial charge in [0.25, 0.3) is 0 Å². The third-order valence-electron chi connectivity index (χ3n) is 2.53. The first-order valence-corrected chi connectivity index (χ1v) is 7.30. The normalized spacial score (nSPS) is 10.7. The van der Waals surface area contributed by atoms with E-state index in [-0.39, 0.29) is 5.75 Å². The summed E-state index contributed by atoms with van der Waals surface area (Å²) in [5.74, 6) is -0.193. The highest BCUT2D eigenvalue weighted by Gasteiger charge is 2.15. The van der Waals surface area contributed by atoms with Gasteiger partial charge in [-0.2, -0.15) is 0 Å². The van der Waals surface area contributed by atoms with Crippen molar-refractivity contribution >= 4 is 33.7 Å². The van der Waals surface area contributed by atoms with Crippen molar-refractivity contribution in [3.05, 3.63) is 34.1 Å². The lowest BCUT2D eigenvalue weighted by Crippen LogP contribution is -2.04. The Kier molecular flexibility index (Phi) is 4.26. The minimum Gasteiger partial charge on any atom is -0.481 e. The van der Waals surface area contributed by atoms with Gasteiger partial charge in [0.05, 0.1) is 11.4 Å². The fraction of sp³-hybridized carbons (Fsp3) is 0.250. The van der Waals surface area contributed by atoms with Crippen LogP contribution in [-0.4, -0.2) is 31.6 Å². The Morgan fingerprint density at radius 3 is 2.84 bits per heavy atom. The van der Waals surface area contributed by atoms with Crippen LogP contribution in [0.15, 0.2) is 27.8 Å². The number of aromatic nitrogens is 3. The minimum absolute atomic E-state index is 0.0401. The monoisotopic (exact) mass is 341 g/mol. The van der Waals surface area contributed by atoms with E-state index in [1.807, 2.05) is 36.6 Å². The maximum absolute atomic E-state index is 10.7. The average Bonchev–Trinajstić information content (AvgIpc) is 2.72. The zero-order chi connectivity index (χ0) is 14.0. The number of nitrogens with zero attached hydrogens (tertiary/aromatic N) is 3. The van der Waals surface area contributed by atoms with Gasteiger partial charge in [-0.25, -0.2) is 0 Å². The fourth-order valence-corrected chi connectivity index (χ4v) is 2.80. The molecule has 0 spiro atoms. The average molecular weight is 342 g/mol. The molecule has 0 saturated carbocycles. The van der Waals surface area contributed by atoms with Gasteiger partial charge in [-0.15, -0.1) is 10.2 Å². The van der Waals surface area contributed by atoms with E-state index in [0.29, 0.717) is 5.16 Å². The lowest BCUT2D eigenvalue weighted by molar-refractivity contribution is -0.133. The van der Waals surface area contributed by atoms with Crippen LogP contribution in [0.5, 0.6) is 0 Å². The topological polar surface area (TPSA) is 68.0 Å². The fourth-order valence-electron chi connectivity index (χ4n) is 1.64. The summed E-state index contributed by atoms with van der Waals surface area (Å²) in [6, 6.07) is 5.89. The molecule has 2 rings (SSSR count). The van der Waals surface area contributed by atoms with Crippen molar-refractivity contribution < 1.29 is 9.90 Å². The molecule has 0 unspecified atom stereocenters. The number of benzene rings is 1. The number of hydrogen-bond acceptors (Lipinski definition) is 4. The highest BCUT2D eigenvalue weighted by molar-refractivity contribution is 9.10. The number of rotatable bonds is 4. The quantitative estimate of drug-likeness (QED) is 0.866. The second-order valence-electron chi connectivity index (χ2n) is 3.96. The van der Waals surface area contributed by atoms with Crippen molar-refractivity contribution in [1.29, 1.82) is 0 Å². The van der Waals surface area contributed by atoms with Crippen molar-refractivity contribution in [2.75, 3.05) is 5.75 Å². The third-order valence-corrected chi connectivity index (χ3v) is 4.48. The smallest absolute Gasteiger partial charge is 0.313 e. The molecule has 0 aliphatic carbocycles. The van der Waals surface area contributed by atoms with Gasteiger partial charge in [0.1, 0.15) is 5.82 Å². The Bertz CT molecular complexity index is 627. The van der Waals surface area contributed by atoms with Crippen LogP contribution in [-0.2, 0) is 4.79 Å². The Hall–Kier alpha value is -1.34. The van der Waals surface area contributed by atoms with E-state index in [9.17, 15) is 4.79 Å². The molecule has 7 heteroatoms.